The van der Waals surface area contributed by atoms with Gasteiger partial charge in [-0.1, -0.05) is 16.8 Å². The molecule has 1 heterocycles. The second-order valence-corrected chi connectivity index (χ2v) is 10.3. The van der Waals surface area contributed by atoms with Gasteiger partial charge in [0.25, 0.3) is 0 Å². The molecule has 1 N–H and O–H groups in total. The van der Waals surface area contributed by atoms with E-state index in [4.69, 9.17) is 16.1 Å². The van der Waals surface area contributed by atoms with Crippen LogP contribution in [0.5, 0.6) is 0 Å². The Kier molecular flexibility index (Phi) is 3.57. The zero-order chi connectivity index (χ0) is 18.9. The third-order valence-corrected chi connectivity index (χ3v) is 7.98. The van der Waals surface area contributed by atoms with Gasteiger partial charge in [0.2, 0.25) is 5.91 Å². The molecule has 5 heteroatoms. The van der Waals surface area contributed by atoms with E-state index in [0.717, 1.165) is 41.9 Å². The van der Waals surface area contributed by atoms with Crippen molar-refractivity contribution in [3.8, 4) is 11.3 Å². The molecule has 2 aromatic rings. The fourth-order valence-electron chi connectivity index (χ4n) is 6.60. The monoisotopic (exact) mass is 396 g/mol. The van der Waals surface area contributed by atoms with Crippen LogP contribution in [0.4, 0.5) is 0 Å². The quantitative estimate of drug-likeness (QED) is 0.781. The summed E-state index contributed by atoms with van der Waals surface area (Å²) in [6.07, 6.45) is 9.40. The van der Waals surface area contributed by atoms with E-state index in [1.165, 1.54) is 38.5 Å². The largest absolute Gasteiger partial charge is 0.356 e. The fraction of sp³-hybridized carbons (Fsp3) is 0.565. The molecular formula is C23H25ClN2O2. The first-order chi connectivity index (χ1) is 13.5. The normalized spacial score (nSPS) is 34.4. The minimum atomic E-state index is -0.489. The lowest BCUT2D eigenvalue weighted by Gasteiger charge is -2.57. The molecule has 28 heavy (non-hydrogen) atoms. The maximum Gasteiger partial charge on any atom is 0.232 e. The average Bonchev–Trinajstić information content (AvgIpc) is 3.32. The molecule has 4 bridgehead atoms. The van der Waals surface area contributed by atoms with Gasteiger partial charge in [0, 0.05) is 22.2 Å². The van der Waals surface area contributed by atoms with Crippen molar-refractivity contribution >= 4 is 17.5 Å². The molecular weight excluding hydrogens is 372 g/mol. The maximum absolute atomic E-state index is 13.4. The Morgan fingerprint density at radius 3 is 2.21 bits per heavy atom. The molecule has 5 aliphatic rings. The van der Waals surface area contributed by atoms with Gasteiger partial charge < -0.3 is 9.84 Å². The summed E-state index contributed by atoms with van der Waals surface area (Å²) < 4.78 is 5.59. The van der Waals surface area contributed by atoms with E-state index in [2.05, 4.69) is 10.5 Å². The molecule has 5 aliphatic carbocycles. The van der Waals surface area contributed by atoms with Crippen LogP contribution in [0.2, 0.25) is 5.02 Å². The summed E-state index contributed by atoms with van der Waals surface area (Å²) in [6.45, 7) is 0. The van der Waals surface area contributed by atoms with Gasteiger partial charge >= 0.3 is 0 Å². The smallest absolute Gasteiger partial charge is 0.232 e. The number of hydrogen-bond donors (Lipinski definition) is 1. The molecule has 0 unspecified atom stereocenters. The van der Waals surface area contributed by atoms with Crippen LogP contribution in [0, 0.1) is 17.8 Å². The van der Waals surface area contributed by atoms with Crippen molar-refractivity contribution in [2.24, 2.45) is 17.8 Å². The number of amides is 1. The van der Waals surface area contributed by atoms with Gasteiger partial charge in [-0.25, -0.2) is 0 Å². The molecule has 0 radical (unpaired) electrons. The Morgan fingerprint density at radius 2 is 1.64 bits per heavy atom. The zero-order valence-corrected chi connectivity index (χ0v) is 16.7. The highest BCUT2D eigenvalue weighted by molar-refractivity contribution is 6.30. The number of hydrogen-bond acceptors (Lipinski definition) is 3. The lowest BCUT2D eigenvalue weighted by Crippen LogP contribution is -2.61. The van der Waals surface area contributed by atoms with Gasteiger partial charge in [-0.3, -0.25) is 4.79 Å². The van der Waals surface area contributed by atoms with Crippen LogP contribution >= 0.6 is 11.6 Å². The molecule has 0 spiro atoms. The lowest BCUT2D eigenvalue weighted by atomic mass is 9.53. The molecule has 146 valence electrons. The summed E-state index contributed by atoms with van der Waals surface area (Å²) in [4.78, 5) is 13.4. The van der Waals surface area contributed by atoms with Gasteiger partial charge in [-0.05, 0) is 93.4 Å². The second kappa shape index (κ2) is 5.85. The van der Waals surface area contributed by atoms with Crippen LogP contribution < -0.4 is 5.32 Å². The lowest BCUT2D eigenvalue weighted by molar-refractivity contribution is -0.129. The van der Waals surface area contributed by atoms with Crippen molar-refractivity contribution in [3.05, 3.63) is 41.0 Å². The molecule has 0 aliphatic heterocycles. The number of halogens is 1. The number of nitrogens with zero attached hydrogens (tertiary/aromatic N) is 1. The molecule has 1 aromatic heterocycles. The highest BCUT2D eigenvalue weighted by Crippen LogP contribution is 2.57. The molecule has 1 amide bonds. The van der Waals surface area contributed by atoms with Gasteiger partial charge in [-0.15, -0.1) is 0 Å². The third-order valence-electron chi connectivity index (χ3n) is 7.73. The molecule has 1 aromatic carbocycles. The number of carbonyl (C=O) groups is 1. The van der Waals surface area contributed by atoms with Crippen LogP contribution in [0.15, 0.2) is 34.9 Å². The summed E-state index contributed by atoms with van der Waals surface area (Å²) in [5.74, 6) is 3.34. The molecule has 0 saturated heterocycles. The van der Waals surface area contributed by atoms with E-state index >= 15 is 0 Å². The Labute approximate surface area is 170 Å². The Morgan fingerprint density at radius 1 is 1.04 bits per heavy atom. The minimum Gasteiger partial charge on any atom is -0.356 e. The number of rotatable bonds is 4. The van der Waals surface area contributed by atoms with Crippen molar-refractivity contribution in [1.82, 2.24) is 10.5 Å². The van der Waals surface area contributed by atoms with Crippen molar-refractivity contribution in [2.45, 2.75) is 62.3 Å². The van der Waals surface area contributed by atoms with Crippen LogP contribution in [0.1, 0.15) is 57.1 Å². The van der Waals surface area contributed by atoms with E-state index < -0.39 is 5.41 Å². The van der Waals surface area contributed by atoms with E-state index in [1.807, 2.05) is 30.3 Å². The minimum absolute atomic E-state index is 0.0458. The van der Waals surface area contributed by atoms with E-state index in [0.29, 0.717) is 10.8 Å². The number of carbonyl (C=O) groups excluding carboxylic acids is 1. The Bertz CT molecular complexity index is 893. The second-order valence-electron chi connectivity index (χ2n) is 9.82. The summed E-state index contributed by atoms with van der Waals surface area (Å²) in [6, 6.07) is 9.45. The maximum atomic E-state index is 13.4. The van der Waals surface area contributed by atoms with Gasteiger partial charge in [0.05, 0.1) is 11.1 Å². The summed E-state index contributed by atoms with van der Waals surface area (Å²) in [5.41, 5.74) is 1.27. The summed E-state index contributed by atoms with van der Waals surface area (Å²) >= 11 is 5.98. The van der Waals surface area contributed by atoms with Crippen molar-refractivity contribution in [2.75, 3.05) is 0 Å². The van der Waals surface area contributed by atoms with Gasteiger partial charge in [-0.2, -0.15) is 0 Å². The van der Waals surface area contributed by atoms with E-state index in [-0.39, 0.29) is 11.4 Å². The fourth-order valence-corrected chi connectivity index (χ4v) is 6.73. The van der Waals surface area contributed by atoms with Crippen LogP contribution in [-0.4, -0.2) is 16.6 Å². The van der Waals surface area contributed by atoms with Crippen molar-refractivity contribution < 1.29 is 9.32 Å². The molecule has 7 rings (SSSR count). The SMILES string of the molecule is O=C(NC12CC3CC(CC(C3)C1)C2)C1(c2cc(-c3ccc(Cl)cc3)on2)CC1. The van der Waals surface area contributed by atoms with Gasteiger partial charge in [0.15, 0.2) is 5.76 Å². The Hall–Kier alpha value is -1.81. The predicted molar refractivity (Wildman–Crippen MR) is 107 cm³/mol. The van der Waals surface area contributed by atoms with Crippen LogP contribution in [0.25, 0.3) is 11.3 Å². The predicted octanol–water partition coefficient (Wildman–Crippen LogP) is 5.11. The first-order valence-corrected chi connectivity index (χ1v) is 11.0. The summed E-state index contributed by atoms with van der Waals surface area (Å²) in [5, 5.41) is 8.53. The van der Waals surface area contributed by atoms with E-state index in [1.54, 1.807) is 0 Å². The van der Waals surface area contributed by atoms with Crippen molar-refractivity contribution in [1.29, 1.82) is 0 Å². The highest BCUT2D eigenvalue weighted by atomic mass is 35.5. The highest BCUT2D eigenvalue weighted by Gasteiger charge is 2.58. The number of aromatic nitrogens is 1. The Balaban J connectivity index is 1.24. The standard InChI is InChI=1S/C23H25ClN2O2/c24-18-3-1-17(2-4-18)19-10-20(26-28-19)23(5-6-23)21(27)25-22-11-14-7-15(12-22)9-16(8-14)13-22/h1-4,10,14-16H,5-9,11-13H2,(H,25,27). The third kappa shape index (κ3) is 2.64. The van der Waals surface area contributed by atoms with Gasteiger partial charge in [0.1, 0.15) is 0 Å². The van der Waals surface area contributed by atoms with Crippen molar-refractivity contribution in [3.63, 3.8) is 0 Å². The molecule has 4 nitrogen and oxygen atoms in total. The molecule has 5 saturated carbocycles. The zero-order valence-electron chi connectivity index (χ0n) is 15.9. The number of benzene rings is 1. The first kappa shape index (κ1) is 17.1. The van der Waals surface area contributed by atoms with Crippen LogP contribution in [-0.2, 0) is 10.2 Å². The molecule has 0 atom stereocenters. The number of nitrogens with one attached hydrogen (secondary N) is 1. The van der Waals surface area contributed by atoms with E-state index in [9.17, 15) is 4.79 Å². The first-order valence-electron chi connectivity index (χ1n) is 10.6. The average molecular weight is 397 g/mol. The van der Waals surface area contributed by atoms with Crippen LogP contribution in [0.3, 0.4) is 0 Å². The topological polar surface area (TPSA) is 55.1 Å². The summed E-state index contributed by atoms with van der Waals surface area (Å²) in [7, 11) is 0. The molecule has 5 fully saturated rings.